The Bertz CT molecular complexity index is 1260. The van der Waals surface area contributed by atoms with E-state index < -0.39 is 15.9 Å². The third kappa shape index (κ3) is 6.66. The van der Waals surface area contributed by atoms with Gasteiger partial charge in [-0.2, -0.15) is 0 Å². The summed E-state index contributed by atoms with van der Waals surface area (Å²) in [5.41, 5.74) is 2.22. The Morgan fingerprint density at radius 1 is 0.941 bits per heavy atom. The van der Waals surface area contributed by atoms with Crippen molar-refractivity contribution < 1.29 is 22.7 Å². The summed E-state index contributed by atoms with van der Waals surface area (Å²) in [5, 5.41) is 2.76. The van der Waals surface area contributed by atoms with Gasteiger partial charge >= 0.3 is 0 Å². The van der Waals surface area contributed by atoms with E-state index in [0.29, 0.717) is 17.0 Å². The Hall–Kier alpha value is -3.69. The van der Waals surface area contributed by atoms with Gasteiger partial charge in [-0.3, -0.25) is 9.59 Å². The molecule has 2 N–H and O–H groups in total. The molecule has 3 aromatic rings. The molecule has 0 aromatic heterocycles. The lowest BCUT2D eigenvalue weighted by Crippen LogP contribution is -2.27. The second-order valence-electron chi connectivity index (χ2n) is 7.84. The molecular formula is C25H27N3O5S. The van der Waals surface area contributed by atoms with Crippen LogP contribution in [-0.4, -0.2) is 45.8 Å². The number of benzene rings is 3. The van der Waals surface area contributed by atoms with Gasteiger partial charge in [0.25, 0.3) is 11.8 Å². The number of ether oxygens (including phenoxy) is 1. The summed E-state index contributed by atoms with van der Waals surface area (Å²) in [5.74, 6) is -0.114. The zero-order valence-electron chi connectivity index (χ0n) is 19.2. The van der Waals surface area contributed by atoms with Crippen molar-refractivity contribution in [1.29, 1.82) is 0 Å². The molecule has 0 spiro atoms. The summed E-state index contributed by atoms with van der Waals surface area (Å²) in [7, 11) is -0.517. The highest BCUT2D eigenvalue weighted by molar-refractivity contribution is 7.89. The van der Waals surface area contributed by atoms with E-state index >= 15 is 0 Å². The fourth-order valence-electron chi connectivity index (χ4n) is 2.98. The van der Waals surface area contributed by atoms with Gasteiger partial charge in [-0.1, -0.05) is 36.4 Å². The molecule has 9 heteroatoms. The number of sulfonamides is 1. The number of carbonyl (C=O) groups is 2. The molecule has 0 aliphatic rings. The van der Waals surface area contributed by atoms with Crippen molar-refractivity contribution in [1.82, 2.24) is 9.62 Å². The van der Waals surface area contributed by atoms with E-state index in [1.165, 1.54) is 17.0 Å². The molecular weight excluding hydrogens is 454 g/mol. The van der Waals surface area contributed by atoms with Crippen LogP contribution in [0.25, 0.3) is 0 Å². The molecule has 0 unspecified atom stereocenters. The van der Waals surface area contributed by atoms with Crippen molar-refractivity contribution >= 4 is 27.5 Å². The van der Waals surface area contributed by atoms with E-state index in [-0.39, 0.29) is 29.5 Å². The molecule has 178 valence electrons. The highest BCUT2D eigenvalue weighted by atomic mass is 32.2. The Labute approximate surface area is 199 Å². The predicted octanol–water partition coefficient (Wildman–Crippen LogP) is 3.19. The maximum atomic E-state index is 12.9. The summed E-state index contributed by atoms with van der Waals surface area (Å²) >= 11 is 0. The summed E-state index contributed by atoms with van der Waals surface area (Å²) < 4.78 is 33.5. The molecule has 34 heavy (non-hydrogen) atoms. The van der Waals surface area contributed by atoms with E-state index in [2.05, 4.69) is 10.0 Å². The van der Waals surface area contributed by atoms with Crippen LogP contribution in [0.4, 0.5) is 5.69 Å². The lowest BCUT2D eigenvalue weighted by atomic mass is 10.1. The normalized spacial score (nSPS) is 11.0. The molecule has 0 aliphatic heterocycles. The van der Waals surface area contributed by atoms with Crippen LogP contribution in [0.1, 0.15) is 21.5 Å². The van der Waals surface area contributed by atoms with E-state index in [9.17, 15) is 18.0 Å². The lowest BCUT2D eigenvalue weighted by Gasteiger charge is -2.13. The first kappa shape index (κ1) is 24.9. The number of hydrogen-bond donors (Lipinski definition) is 2. The first-order chi connectivity index (χ1) is 16.2. The van der Waals surface area contributed by atoms with Crippen LogP contribution >= 0.6 is 0 Å². The summed E-state index contributed by atoms with van der Waals surface area (Å²) in [6.45, 7) is 1.80. The molecule has 0 saturated carbocycles. The minimum absolute atomic E-state index is 0.00786. The molecule has 3 rings (SSSR count). The predicted molar refractivity (Wildman–Crippen MR) is 130 cm³/mol. The van der Waals surface area contributed by atoms with Crippen molar-refractivity contribution in [3.8, 4) is 5.75 Å². The van der Waals surface area contributed by atoms with E-state index in [4.69, 9.17) is 4.74 Å². The number of anilines is 1. The SMILES string of the molecule is Cc1ccc(S(=O)(=O)NCc2ccccc2)cc1C(=O)Nc1ccc(OCC(=O)N(C)C)cc1. The molecule has 2 amide bonds. The number of amides is 2. The smallest absolute Gasteiger partial charge is 0.259 e. The molecule has 0 atom stereocenters. The second-order valence-corrected chi connectivity index (χ2v) is 9.61. The van der Waals surface area contributed by atoms with Crippen LogP contribution in [0, 0.1) is 6.92 Å². The largest absolute Gasteiger partial charge is 0.484 e. The topological polar surface area (TPSA) is 105 Å². The first-order valence-electron chi connectivity index (χ1n) is 10.5. The Balaban J connectivity index is 1.68. The van der Waals surface area contributed by atoms with E-state index in [1.807, 2.05) is 30.3 Å². The minimum atomic E-state index is -3.81. The number of carbonyl (C=O) groups excluding carboxylic acids is 2. The maximum Gasteiger partial charge on any atom is 0.259 e. The summed E-state index contributed by atoms with van der Waals surface area (Å²) in [4.78, 5) is 25.9. The molecule has 0 bridgehead atoms. The molecule has 0 radical (unpaired) electrons. The molecule has 0 aliphatic carbocycles. The van der Waals surface area contributed by atoms with Crippen LogP contribution in [0.15, 0.2) is 77.7 Å². The molecule has 0 heterocycles. The van der Waals surface area contributed by atoms with Gasteiger partial charge in [0, 0.05) is 31.9 Å². The minimum Gasteiger partial charge on any atom is -0.484 e. The van der Waals surface area contributed by atoms with Gasteiger partial charge in [-0.25, -0.2) is 13.1 Å². The van der Waals surface area contributed by atoms with Gasteiger partial charge in [0.15, 0.2) is 6.61 Å². The Morgan fingerprint density at radius 2 is 1.62 bits per heavy atom. The Morgan fingerprint density at radius 3 is 2.26 bits per heavy atom. The van der Waals surface area contributed by atoms with Crippen LogP contribution in [0.5, 0.6) is 5.75 Å². The molecule has 0 fully saturated rings. The fourth-order valence-corrected chi connectivity index (χ4v) is 4.02. The van der Waals surface area contributed by atoms with E-state index in [0.717, 1.165) is 5.56 Å². The van der Waals surface area contributed by atoms with Gasteiger partial charge in [0.05, 0.1) is 4.90 Å². The third-order valence-corrected chi connectivity index (χ3v) is 6.45. The fraction of sp³-hybridized carbons (Fsp3) is 0.200. The standard InChI is InChI=1S/C25H27N3O5S/c1-18-9-14-22(34(31,32)26-16-19-7-5-4-6-8-19)15-23(18)25(30)27-20-10-12-21(13-11-20)33-17-24(29)28(2)3/h4-15,26H,16-17H2,1-3H3,(H,27,30). The number of aryl methyl sites for hydroxylation is 1. The monoisotopic (exact) mass is 481 g/mol. The van der Waals surface area contributed by atoms with Gasteiger partial charge in [0.2, 0.25) is 10.0 Å². The van der Waals surface area contributed by atoms with Gasteiger partial charge in [-0.05, 0) is 54.4 Å². The summed E-state index contributed by atoms with van der Waals surface area (Å²) in [6, 6.07) is 20.2. The molecule has 0 saturated heterocycles. The molecule has 8 nitrogen and oxygen atoms in total. The number of rotatable bonds is 9. The number of nitrogens with zero attached hydrogens (tertiary/aromatic N) is 1. The molecule has 3 aromatic carbocycles. The quantitative estimate of drug-likeness (QED) is 0.488. The van der Waals surface area contributed by atoms with Gasteiger partial charge in [0.1, 0.15) is 5.75 Å². The maximum absolute atomic E-state index is 12.9. The average Bonchev–Trinajstić information content (AvgIpc) is 2.82. The number of hydrogen-bond acceptors (Lipinski definition) is 5. The highest BCUT2D eigenvalue weighted by Crippen LogP contribution is 2.20. The van der Waals surface area contributed by atoms with Crippen molar-refractivity contribution in [2.75, 3.05) is 26.0 Å². The van der Waals surface area contributed by atoms with Crippen LogP contribution in [0.3, 0.4) is 0 Å². The van der Waals surface area contributed by atoms with Crippen LogP contribution in [-0.2, 0) is 21.4 Å². The van der Waals surface area contributed by atoms with Crippen molar-refractivity contribution in [2.45, 2.75) is 18.4 Å². The zero-order chi connectivity index (χ0) is 24.7. The van der Waals surface area contributed by atoms with Gasteiger partial charge < -0.3 is 15.0 Å². The lowest BCUT2D eigenvalue weighted by molar-refractivity contribution is -0.130. The van der Waals surface area contributed by atoms with Crippen molar-refractivity contribution in [3.63, 3.8) is 0 Å². The highest BCUT2D eigenvalue weighted by Gasteiger charge is 2.18. The van der Waals surface area contributed by atoms with Crippen molar-refractivity contribution in [2.24, 2.45) is 0 Å². The van der Waals surface area contributed by atoms with Crippen molar-refractivity contribution in [3.05, 3.63) is 89.5 Å². The van der Waals surface area contributed by atoms with Gasteiger partial charge in [-0.15, -0.1) is 0 Å². The number of likely N-dealkylation sites (N-methyl/N-ethyl adjacent to an activating group) is 1. The second kappa shape index (κ2) is 11.0. The zero-order valence-corrected chi connectivity index (χ0v) is 20.1. The Kier molecular flexibility index (Phi) is 8.04. The number of nitrogens with one attached hydrogen (secondary N) is 2. The van der Waals surface area contributed by atoms with Crippen LogP contribution in [0.2, 0.25) is 0 Å². The third-order valence-electron chi connectivity index (χ3n) is 5.05. The van der Waals surface area contributed by atoms with Crippen LogP contribution < -0.4 is 14.8 Å². The average molecular weight is 482 g/mol. The summed E-state index contributed by atoms with van der Waals surface area (Å²) in [6.07, 6.45) is 0. The first-order valence-corrected chi connectivity index (χ1v) is 12.0. The van der Waals surface area contributed by atoms with E-state index in [1.54, 1.807) is 51.4 Å².